The van der Waals surface area contributed by atoms with Crippen LogP contribution in [-0.2, 0) is 13.2 Å². The molecule has 1 fully saturated rings. The first-order valence-corrected chi connectivity index (χ1v) is 6.71. The van der Waals surface area contributed by atoms with Gasteiger partial charge in [0.2, 0.25) is 5.89 Å². The molecule has 0 unspecified atom stereocenters. The van der Waals surface area contributed by atoms with Gasteiger partial charge in [-0.1, -0.05) is 5.16 Å². The number of aliphatic hydroxyl groups is 1. The zero-order chi connectivity index (χ0) is 13.5. The Hall–Kier alpha value is -2.21. The number of aromatic nitrogens is 4. The molecule has 0 aromatic carbocycles. The van der Waals surface area contributed by atoms with Gasteiger partial charge in [0.1, 0.15) is 5.65 Å². The van der Waals surface area contributed by atoms with Crippen molar-refractivity contribution in [1.82, 2.24) is 19.7 Å². The second kappa shape index (κ2) is 4.42. The Morgan fingerprint density at radius 2 is 2.30 bits per heavy atom. The molecule has 1 aliphatic rings. The van der Waals surface area contributed by atoms with E-state index in [2.05, 4.69) is 15.1 Å². The maximum Gasteiger partial charge on any atom is 0.229 e. The van der Waals surface area contributed by atoms with Crippen molar-refractivity contribution in [3.63, 3.8) is 0 Å². The van der Waals surface area contributed by atoms with Gasteiger partial charge >= 0.3 is 0 Å². The molecule has 102 valence electrons. The highest BCUT2D eigenvalue weighted by Crippen LogP contribution is 2.38. The lowest BCUT2D eigenvalue weighted by atomic mass is 10.2. The predicted molar refractivity (Wildman–Crippen MR) is 71.0 cm³/mol. The third kappa shape index (κ3) is 1.89. The van der Waals surface area contributed by atoms with Gasteiger partial charge in [0.25, 0.3) is 0 Å². The van der Waals surface area contributed by atoms with Crippen LogP contribution in [0, 0.1) is 0 Å². The summed E-state index contributed by atoms with van der Waals surface area (Å²) < 4.78 is 7.21. The minimum atomic E-state index is -0.00520. The molecule has 6 nitrogen and oxygen atoms in total. The molecule has 0 bridgehead atoms. The van der Waals surface area contributed by atoms with E-state index in [0.29, 0.717) is 18.3 Å². The molecular weight excluding hydrogens is 256 g/mol. The summed E-state index contributed by atoms with van der Waals surface area (Å²) in [5.41, 5.74) is 1.69. The summed E-state index contributed by atoms with van der Waals surface area (Å²) in [7, 11) is 0. The Labute approximate surface area is 115 Å². The molecule has 4 rings (SSSR count). The monoisotopic (exact) mass is 270 g/mol. The SMILES string of the molecule is OCc1cn(Cc2noc(C3CC3)n2)c2ncccc12. The molecule has 1 N–H and O–H groups in total. The van der Waals surface area contributed by atoms with Crippen molar-refractivity contribution in [3.05, 3.63) is 41.8 Å². The molecule has 0 amide bonds. The molecule has 20 heavy (non-hydrogen) atoms. The smallest absolute Gasteiger partial charge is 0.229 e. The van der Waals surface area contributed by atoms with E-state index in [1.165, 1.54) is 0 Å². The number of nitrogens with zero attached hydrogens (tertiary/aromatic N) is 4. The fraction of sp³-hybridized carbons (Fsp3) is 0.357. The van der Waals surface area contributed by atoms with Crippen molar-refractivity contribution >= 4 is 11.0 Å². The van der Waals surface area contributed by atoms with Crippen LogP contribution >= 0.6 is 0 Å². The highest BCUT2D eigenvalue weighted by Gasteiger charge is 2.29. The van der Waals surface area contributed by atoms with Gasteiger partial charge in [-0.15, -0.1) is 0 Å². The highest BCUT2D eigenvalue weighted by molar-refractivity contribution is 5.80. The molecule has 0 radical (unpaired) electrons. The summed E-state index contributed by atoms with van der Waals surface area (Å²) in [5.74, 6) is 1.86. The van der Waals surface area contributed by atoms with E-state index in [4.69, 9.17) is 4.52 Å². The van der Waals surface area contributed by atoms with Crippen LogP contribution < -0.4 is 0 Å². The lowest BCUT2D eigenvalue weighted by Crippen LogP contribution is -2.01. The standard InChI is InChI=1S/C14H14N4O2/c19-8-10-6-18(13-11(10)2-1-5-15-13)7-12-16-14(20-17-12)9-3-4-9/h1-2,5-6,9,19H,3-4,7-8H2. The van der Waals surface area contributed by atoms with Crippen molar-refractivity contribution in [2.24, 2.45) is 0 Å². The Morgan fingerprint density at radius 1 is 1.40 bits per heavy atom. The van der Waals surface area contributed by atoms with Gasteiger partial charge in [-0.3, -0.25) is 0 Å². The Balaban J connectivity index is 1.70. The number of rotatable bonds is 4. The van der Waals surface area contributed by atoms with Gasteiger partial charge in [-0.05, 0) is 25.0 Å². The predicted octanol–water partition coefficient (Wildman–Crippen LogP) is 1.84. The summed E-state index contributed by atoms with van der Waals surface area (Å²) in [6.45, 7) is 0.499. The van der Waals surface area contributed by atoms with Crippen molar-refractivity contribution in [3.8, 4) is 0 Å². The van der Waals surface area contributed by atoms with Crippen molar-refractivity contribution in [2.45, 2.75) is 31.9 Å². The Bertz CT molecular complexity index is 757. The number of hydrogen-bond acceptors (Lipinski definition) is 5. The first kappa shape index (κ1) is 11.6. The normalized spacial score (nSPS) is 15.1. The molecule has 0 saturated heterocycles. The maximum atomic E-state index is 9.41. The molecule has 3 aromatic heterocycles. The third-order valence-electron chi connectivity index (χ3n) is 3.61. The minimum Gasteiger partial charge on any atom is -0.392 e. The molecule has 1 aliphatic carbocycles. The lowest BCUT2D eigenvalue weighted by Gasteiger charge is -1.99. The number of fused-ring (bicyclic) bond motifs is 1. The molecular formula is C14H14N4O2. The van der Waals surface area contributed by atoms with E-state index >= 15 is 0 Å². The second-order valence-corrected chi connectivity index (χ2v) is 5.14. The number of hydrogen-bond donors (Lipinski definition) is 1. The Kier molecular flexibility index (Phi) is 2.56. The largest absolute Gasteiger partial charge is 0.392 e. The second-order valence-electron chi connectivity index (χ2n) is 5.14. The van der Waals surface area contributed by atoms with E-state index in [-0.39, 0.29) is 6.61 Å². The van der Waals surface area contributed by atoms with Crippen LogP contribution in [0.5, 0.6) is 0 Å². The van der Waals surface area contributed by atoms with Crippen LogP contribution in [-0.4, -0.2) is 24.8 Å². The van der Waals surface area contributed by atoms with E-state index in [0.717, 1.165) is 35.3 Å². The van der Waals surface area contributed by atoms with Crippen molar-refractivity contribution < 1.29 is 9.63 Å². The van der Waals surface area contributed by atoms with Crippen molar-refractivity contribution in [1.29, 1.82) is 0 Å². The van der Waals surface area contributed by atoms with Gasteiger partial charge in [0.15, 0.2) is 5.82 Å². The number of pyridine rings is 1. The average molecular weight is 270 g/mol. The van der Waals surface area contributed by atoms with Crippen LogP contribution in [0.1, 0.15) is 36.0 Å². The van der Waals surface area contributed by atoms with Gasteiger partial charge in [0, 0.05) is 29.3 Å². The van der Waals surface area contributed by atoms with Gasteiger partial charge in [-0.2, -0.15) is 4.98 Å². The fourth-order valence-corrected chi connectivity index (χ4v) is 2.42. The maximum absolute atomic E-state index is 9.41. The highest BCUT2D eigenvalue weighted by atomic mass is 16.5. The van der Waals surface area contributed by atoms with E-state index in [1.807, 2.05) is 22.9 Å². The van der Waals surface area contributed by atoms with Crippen LogP contribution in [0.3, 0.4) is 0 Å². The summed E-state index contributed by atoms with van der Waals surface area (Å²) in [5, 5.41) is 14.4. The number of aliphatic hydroxyl groups excluding tert-OH is 1. The van der Waals surface area contributed by atoms with Gasteiger partial charge < -0.3 is 14.2 Å². The summed E-state index contributed by atoms with van der Waals surface area (Å²) in [6, 6.07) is 3.82. The quantitative estimate of drug-likeness (QED) is 0.782. The average Bonchev–Trinajstić information content (AvgIpc) is 3.13. The topological polar surface area (TPSA) is 77.0 Å². The third-order valence-corrected chi connectivity index (χ3v) is 3.61. The van der Waals surface area contributed by atoms with E-state index in [1.54, 1.807) is 6.20 Å². The van der Waals surface area contributed by atoms with E-state index < -0.39 is 0 Å². The zero-order valence-electron chi connectivity index (χ0n) is 10.9. The molecule has 0 atom stereocenters. The van der Waals surface area contributed by atoms with Gasteiger partial charge in [0.05, 0.1) is 13.2 Å². The van der Waals surface area contributed by atoms with Crippen molar-refractivity contribution in [2.75, 3.05) is 0 Å². The van der Waals surface area contributed by atoms with Crippen LogP contribution in [0.4, 0.5) is 0 Å². The molecule has 0 aliphatic heterocycles. The molecule has 0 spiro atoms. The lowest BCUT2D eigenvalue weighted by molar-refractivity contribution is 0.283. The van der Waals surface area contributed by atoms with Crippen LogP contribution in [0.15, 0.2) is 29.0 Å². The molecule has 1 saturated carbocycles. The van der Waals surface area contributed by atoms with E-state index in [9.17, 15) is 5.11 Å². The van der Waals surface area contributed by atoms with Gasteiger partial charge in [-0.25, -0.2) is 4.98 Å². The summed E-state index contributed by atoms with van der Waals surface area (Å²) in [4.78, 5) is 8.79. The summed E-state index contributed by atoms with van der Waals surface area (Å²) in [6.07, 6.45) is 5.92. The molecule has 3 aromatic rings. The van der Waals surface area contributed by atoms with Crippen LogP contribution in [0.2, 0.25) is 0 Å². The zero-order valence-corrected chi connectivity index (χ0v) is 10.9. The molecule has 3 heterocycles. The Morgan fingerprint density at radius 3 is 3.10 bits per heavy atom. The fourth-order valence-electron chi connectivity index (χ4n) is 2.42. The molecule has 6 heteroatoms. The first-order valence-electron chi connectivity index (χ1n) is 6.71. The minimum absolute atomic E-state index is 0.00520. The first-order chi connectivity index (χ1) is 9.85. The van der Waals surface area contributed by atoms with Crippen LogP contribution in [0.25, 0.3) is 11.0 Å². The summed E-state index contributed by atoms with van der Waals surface area (Å²) >= 11 is 0.